The van der Waals surface area contributed by atoms with Crippen LogP contribution in [0.15, 0.2) is 30.5 Å². The van der Waals surface area contributed by atoms with Gasteiger partial charge in [-0.15, -0.1) is 0 Å². The highest BCUT2D eigenvalue weighted by molar-refractivity contribution is 6.33. The smallest absolute Gasteiger partial charge is 0.126 e. The van der Waals surface area contributed by atoms with Crippen LogP contribution in [0.5, 0.6) is 0 Å². The van der Waals surface area contributed by atoms with Crippen molar-refractivity contribution in [3.05, 3.63) is 41.2 Å². The van der Waals surface area contributed by atoms with Crippen molar-refractivity contribution in [2.75, 3.05) is 18.5 Å². The fourth-order valence-corrected chi connectivity index (χ4v) is 4.39. The van der Waals surface area contributed by atoms with Crippen molar-refractivity contribution in [2.24, 2.45) is 11.7 Å². The maximum atomic E-state index is 6.47. The zero-order valence-electron chi connectivity index (χ0n) is 16.2. The van der Waals surface area contributed by atoms with Crippen LogP contribution < -0.4 is 11.1 Å². The Hall–Kier alpha value is -1.69. The van der Waals surface area contributed by atoms with Gasteiger partial charge in [-0.3, -0.25) is 4.98 Å². The number of anilines is 1. The summed E-state index contributed by atoms with van der Waals surface area (Å²) in [5.74, 6) is 1.51. The summed E-state index contributed by atoms with van der Waals surface area (Å²) in [6, 6.07) is 8.48. The predicted molar refractivity (Wildman–Crippen MR) is 120 cm³/mol. The lowest BCUT2D eigenvalue weighted by molar-refractivity contribution is 0.120. The molecule has 29 heavy (non-hydrogen) atoms. The minimum absolute atomic E-state index is 0. The number of nitrogens with one attached hydrogen (secondary N) is 1. The Bertz CT molecular complexity index is 786. The molecule has 1 aliphatic carbocycles. The minimum atomic E-state index is 0. The number of nitrogens with two attached hydrogens (primary N) is 1. The molecule has 2 aromatic heterocycles. The molecule has 1 atom stereocenters. The Morgan fingerprint density at radius 3 is 2.76 bits per heavy atom. The summed E-state index contributed by atoms with van der Waals surface area (Å²) in [5, 5.41) is 4.03. The average Bonchev–Trinajstić information content (AvgIpc) is 3.23. The standard InChI is InChI=1S/C22H29ClN4O.CH4/c23-20-14-25-17(11-15-6-8-16(24)9-7-15)12-19(20)21-4-1-5-22(27-21)26-13-18-3-2-10-28-18;/h1,4-5,12,14-16,18H,2-3,6-11,13,24H2,(H,26,27);1H4/t15?,16?,18-;/m0./s1. The lowest BCUT2D eigenvalue weighted by atomic mass is 9.83. The van der Waals surface area contributed by atoms with Gasteiger partial charge in [-0.1, -0.05) is 25.1 Å². The number of aromatic nitrogens is 2. The van der Waals surface area contributed by atoms with E-state index in [1.165, 1.54) is 12.8 Å². The largest absolute Gasteiger partial charge is 0.376 e. The third-order valence-electron chi connectivity index (χ3n) is 5.86. The molecule has 2 aliphatic rings. The molecule has 3 N–H and O–H groups in total. The second-order valence-electron chi connectivity index (χ2n) is 8.06. The van der Waals surface area contributed by atoms with E-state index in [0.29, 0.717) is 17.0 Å². The maximum Gasteiger partial charge on any atom is 0.126 e. The molecule has 2 fully saturated rings. The van der Waals surface area contributed by atoms with Crippen molar-refractivity contribution in [1.29, 1.82) is 0 Å². The molecule has 1 aliphatic heterocycles. The lowest BCUT2D eigenvalue weighted by Gasteiger charge is -2.25. The molecule has 0 unspecified atom stereocenters. The van der Waals surface area contributed by atoms with Crippen LogP contribution in [0.3, 0.4) is 0 Å². The van der Waals surface area contributed by atoms with E-state index in [4.69, 9.17) is 27.1 Å². The number of nitrogens with zero attached hydrogens (tertiary/aromatic N) is 2. The Labute approximate surface area is 179 Å². The van der Waals surface area contributed by atoms with Gasteiger partial charge in [0.1, 0.15) is 5.82 Å². The molecule has 6 heteroatoms. The van der Waals surface area contributed by atoms with Crippen molar-refractivity contribution in [1.82, 2.24) is 9.97 Å². The van der Waals surface area contributed by atoms with E-state index < -0.39 is 0 Å². The van der Waals surface area contributed by atoms with Crippen LogP contribution in [0.4, 0.5) is 5.82 Å². The van der Waals surface area contributed by atoms with Crippen molar-refractivity contribution in [3.63, 3.8) is 0 Å². The molecular weight excluding hydrogens is 384 g/mol. The third-order valence-corrected chi connectivity index (χ3v) is 6.16. The van der Waals surface area contributed by atoms with E-state index >= 15 is 0 Å². The normalized spacial score (nSPS) is 24.1. The summed E-state index contributed by atoms with van der Waals surface area (Å²) in [6.07, 6.45) is 9.87. The number of pyridine rings is 2. The van der Waals surface area contributed by atoms with Crippen LogP contribution in [0.1, 0.15) is 51.6 Å². The number of hydrogen-bond donors (Lipinski definition) is 2. The molecule has 4 rings (SSSR count). The first-order valence-corrected chi connectivity index (χ1v) is 10.8. The van der Waals surface area contributed by atoms with Crippen molar-refractivity contribution in [3.8, 4) is 11.3 Å². The number of halogens is 1. The third kappa shape index (κ3) is 5.91. The molecule has 1 saturated heterocycles. The Morgan fingerprint density at radius 1 is 1.17 bits per heavy atom. The van der Waals surface area contributed by atoms with Crippen LogP contribution in [0.2, 0.25) is 5.02 Å². The first-order chi connectivity index (χ1) is 13.7. The van der Waals surface area contributed by atoms with E-state index in [9.17, 15) is 0 Å². The van der Waals surface area contributed by atoms with Crippen molar-refractivity contribution >= 4 is 17.4 Å². The summed E-state index contributed by atoms with van der Waals surface area (Å²) in [5.41, 5.74) is 8.93. The molecule has 5 nitrogen and oxygen atoms in total. The van der Waals surface area contributed by atoms with Crippen LogP contribution in [-0.4, -0.2) is 35.3 Å². The summed E-state index contributed by atoms with van der Waals surface area (Å²) in [7, 11) is 0. The molecule has 1 saturated carbocycles. The molecule has 0 bridgehead atoms. The van der Waals surface area contributed by atoms with Crippen LogP contribution >= 0.6 is 11.6 Å². The van der Waals surface area contributed by atoms with Gasteiger partial charge in [-0.2, -0.15) is 0 Å². The van der Waals surface area contributed by atoms with Crippen molar-refractivity contribution < 1.29 is 4.74 Å². The van der Waals surface area contributed by atoms with Gasteiger partial charge >= 0.3 is 0 Å². The highest BCUT2D eigenvalue weighted by Gasteiger charge is 2.20. The zero-order valence-corrected chi connectivity index (χ0v) is 17.0. The minimum Gasteiger partial charge on any atom is -0.376 e. The Balaban J connectivity index is 0.00000240. The number of ether oxygens (including phenoxy) is 1. The van der Waals surface area contributed by atoms with Crippen molar-refractivity contribution in [2.45, 2.75) is 64.5 Å². The van der Waals surface area contributed by atoms with E-state index in [1.807, 2.05) is 18.2 Å². The second kappa shape index (κ2) is 10.4. The summed E-state index contributed by atoms with van der Waals surface area (Å²) >= 11 is 6.47. The molecule has 0 aromatic carbocycles. The maximum absolute atomic E-state index is 6.47. The van der Waals surface area contributed by atoms with Gasteiger partial charge in [0.25, 0.3) is 0 Å². The van der Waals surface area contributed by atoms with E-state index in [0.717, 1.165) is 68.0 Å². The highest BCUT2D eigenvalue weighted by Crippen LogP contribution is 2.30. The second-order valence-corrected chi connectivity index (χ2v) is 8.47. The number of hydrogen-bond acceptors (Lipinski definition) is 5. The quantitative estimate of drug-likeness (QED) is 0.686. The molecule has 158 valence electrons. The monoisotopic (exact) mass is 416 g/mol. The lowest BCUT2D eigenvalue weighted by Crippen LogP contribution is -2.27. The summed E-state index contributed by atoms with van der Waals surface area (Å²) < 4.78 is 5.68. The first kappa shape index (κ1) is 22.0. The van der Waals surface area contributed by atoms with Crippen LogP contribution in [0, 0.1) is 5.92 Å². The van der Waals surface area contributed by atoms with E-state index in [-0.39, 0.29) is 13.5 Å². The Kier molecular flexibility index (Phi) is 7.87. The van der Waals surface area contributed by atoms with E-state index in [1.54, 1.807) is 6.20 Å². The average molecular weight is 417 g/mol. The molecule has 0 radical (unpaired) electrons. The van der Waals surface area contributed by atoms with Gasteiger partial charge in [-0.05, 0) is 69.1 Å². The summed E-state index contributed by atoms with van der Waals surface area (Å²) in [6.45, 7) is 1.65. The fraction of sp³-hybridized carbons (Fsp3) is 0.565. The van der Waals surface area contributed by atoms with Gasteiger partial charge in [0.2, 0.25) is 0 Å². The highest BCUT2D eigenvalue weighted by atomic mass is 35.5. The van der Waals surface area contributed by atoms with Gasteiger partial charge < -0.3 is 15.8 Å². The molecule has 3 heterocycles. The van der Waals surface area contributed by atoms with Crippen LogP contribution in [-0.2, 0) is 11.2 Å². The molecule has 0 amide bonds. The molecule has 0 spiro atoms. The van der Waals surface area contributed by atoms with Crippen LogP contribution in [0.25, 0.3) is 11.3 Å². The van der Waals surface area contributed by atoms with E-state index in [2.05, 4.69) is 16.4 Å². The zero-order chi connectivity index (χ0) is 19.3. The summed E-state index contributed by atoms with van der Waals surface area (Å²) in [4.78, 5) is 9.33. The molecular formula is C23H33ClN4O. The van der Waals surface area contributed by atoms with Gasteiger partial charge in [0.15, 0.2) is 0 Å². The van der Waals surface area contributed by atoms with Gasteiger partial charge in [-0.25, -0.2) is 4.98 Å². The fourth-order valence-electron chi connectivity index (χ4n) is 4.18. The number of rotatable bonds is 6. The van der Waals surface area contributed by atoms with Gasteiger partial charge in [0, 0.05) is 36.6 Å². The first-order valence-electron chi connectivity index (χ1n) is 10.4. The predicted octanol–water partition coefficient (Wildman–Crippen LogP) is 5.08. The molecule has 2 aromatic rings. The SMILES string of the molecule is C.NC1CCC(Cc2cc(-c3cccc(NC[C@@H]4CCCO4)n3)c(Cl)cn2)CC1. The Morgan fingerprint density at radius 2 is 2.00 bits per heavy atom. The van der Waals surface area contributed by atoms with Gasteiger partial charge in [0.05, 0.1) is 16.8 Å². The topological polar surface area (TPSA) is 73.1 Å².